The van der Waals surface area contributed by atoms with E-state index in [1.54, 1.807) is 6.20 Å². The van der Waals surface area contributed by atoms with Crippen molar-refractivity contribution < 1.29 is 4.79 Å². The van der Waals surface area contributed by atoms with Crippen molar-refractivity contribution in [3.8, 4) is 0 Å². The Kier molecular flexibility index (Phi) is 2.24. The molecule has 1 aromatic rings. The summed E-state index contributed by atoms with van der Waals surface area (Å²) in [6, 6.07) is 0. The van der Waals surface area contributed by atoms with Crippen LogP contribution in [0.15, 0.2) is 11.6 Å². The number of aromatic nitrogens is 1. The molecule has 3 nitrogen and oxygen atoms in total. The number of thiazole rings is 1. The normalized spacial score (nSPS) is 33.2. The number of carbonyl (C=O) groups excluding carboxylic acids is 1. The molecule has 1 N–H and O–H groups in total. The first-order chi connectivity index (χ1) is 7.33. The van der Waals surface area contributed by atoms with Crippen molar-refractivity contribution in [3.63, 3.8) is 0 Å². The number of amides is 1. The zero-order valence-electron chi connectivity index (χ0n) is 8.48. The number of anilines is 1. The summed E-state index contributed by atoms with van der Waals surface area (Å²) >= 11 is 1.49. The Bertz CT molecular complexity index is 363. The summed E-state index contributed by atoms with van der Waals surface area (Å²) in [6.07, 6.45) is 6.69. The molecule has 0 aromatic carbocycles. The molecule has 0 radical (unpaired) electrons. The molecule has 4 heteroatoms. The summed E-state index contributed by atoms with van der Waals surface area (Å²) in [5.74, 6) is 1.92. The van der Waals surface area contributed by atoms with Gasteiger partial charge in [-0.05, 0) is 31.1 Å². The van der Waals surface area contributed by atoms with Crippen LogP contribution in [-0.4, -0.2) is 10.9 Å². The lowest BCUT2D eigenvalue weighted by molar-refractivity contribution is -0.121. The van der Waals surface area contributed by atoms with E-state index in [0.717, 1.165) is 17.5 Å². The zero-order valence-corrected chi connectivity index (χ0v) is 9.30. The molecule has 0 unspecified atom stereocenters. The lowest BCUT2D eigenvalue weighted by Gasteiger charge is -2.19. The van der Waals surface area contributed by atoms with E-state index in [4.69, 9.17) is 0 Å². The van der Waals surface area contributed by atoms with Crippen molar-refractivity contribution in [3.05, 3.63) is 11.6 Å². The summed E-state index contributed by atoms with van der Waals surface area (Å²) in [6.45, 7) is 0. The van der Waals surface area contributed by atoms with E-state index < -0.39 is 0 Å². The average Bonchev–Trinajstić information content (AvgIpc) is 2.93. The van der Waals surface area contributed by atoms with Gasteiger partial charge in [0, 0.05) is 17.5 Å². The van der Waals surface area contributed by atoms with E-state index in [1.807, 2.05) is 5.38 Å². The van der Waals surface area contributed by atoms with Crippen LogP contribution in [0.5, 0.6) is 0 Å². The van der Waals surface area contributed by atoms with Crippen molar-refractivity contribution in [2.45, 2.75) is 25.7 Å². The van der Waals surface area contributed by atoms with Crippen LogP contribution in [0.4, 0.5) is 5.13 Å². The Morgan fingerprint density at radius 1 is 1.47 bits per heavy atom. The number of rotatable bonds is 2. The van der Waals surface area contributed by atoms with Crippen LogP contribution >= 0.6 is 11.3 Å². The third-order valence-electron chi connectivity index (χ3n) is 3.74. The molecule has 0 aliphatic heterocycles. The second kappa shape index (κ2) is 3.59. The lowest BCUT2D eigenvalue weighted by Crippen LogP contribution is -2.27. The zero-order chi connectivity index (χ0) is 10.3. The second-order valence-electron chi connectivity index (χ2n) is 4.61. The first-order valence-electron chi connectivity index (χ1n) is 5.53. The number of hydrogen-bond acceptors (Lipinski definition) is 3. The Morgan fingerprint density at radius 2 is 2.40 bits per heavy atom. The monoisotopic (exact) mass is 222 g/mol. The Labute approximate surface area is 92.9 Å². The SMILES string of the molecule is O=C(Nc1nccs1)[C@@H]1C[C@H]2CC[C@@H]1C2. The molecule has 80 valence electrons. The van der Waals surface area contributed by atoms with E-state index in [-0.39, 0.29) is 11.8 Å². The predicted octanol–water partition coefficient (Wildman–Crippen LogP) is 2.52. The van der Waals surface area contributed by atoms with Crippen molar-refractivity contribution in [1.82, 2.24) is 4.98 Å². The maximum absolute atomic E-state index is 12.0. The molecular formula is C11H14N2OS. The van der Waals surface area contributed by atoms with Crippen LogP contribution in [0.3, 0.4) is 0 Å². The van der Waals surface area contributed by atoms with E-state index in [0.29, 0.717) is 5.92 Å². The number of nitrogens with one attached hydrogen (secondary N) is 1. The highest BCUT2D eigenvalue weighted by molar-refractivity contribution is 7.13. The fourth-order valence-electron chi connectivity index (χ4n) is 3.05. The van der Waals surface area contributed by atoms with Crippen molar-refractivity contribution in [1.29, 1.82) is 0 Å². The smallest absolute Gasteiger partial charge is 0.229 e. The molecule has 0 spiro atoms. The quantitative estimate of drug-likeness (QED) is 0.835. The molecule has 2 bridgehead atoms. The molecule has 15 heavy (non-hydrogen) atoms. The van der Waals surface area contributed by atoms with Gasteiger partial charge in [0.2, 0.25) is 5.91 Å². The maximum atomic E-state index is 12.0. The van der Waals surface area contributed by atoms with Crippen LogP contribution in [0, 0.1) is 17.8 Å². The molecular weight excluding hydrogens is 208 g/mol. The molecule has 0 saturated heterocycles. The third kappa shape index (κ3) is 1.67. The molecule has 2 fully saturated rings. The number of carbonyl (C=O) groups is 1. The minimum atomic E-state index is 0.192. The highest BCUT2D eigenvalue weighted by atomic mass is 32.1. The van der Waals surface area contributed by atoms with Gasteiger partial charge in [-0.2, -0.15) is 0 Å². The minimum Gasteiger partial charge on any atom is -0.302 e. The van der Waals surface area contributed by atoms with Gasteiger partial charge >= 0.3 is 0 Å². The van der Waals surface area contributed by atoms with Gasteiger partial charge in [0.05, 0.1) is 0 Å². The standard InChI is InChI=1S/C11H14N2OS/c14-10(13-11-12-3-4-15-11)9-6-7-1-2-8(9)5-7/h3-4,7-9H,1-2,5-6H2,(H,12,13,14)/t7-,8+,9+/m0/s1. The van der Waals surface area contributed by atoms with Gasteiger partial charge in [0.15, 0.2) is 5.13 Å². The first kappa shape index (κ1) is 9.33. The van der Waals surface area contributed by atoms with Crippen LogP contribution in [0.25, 0.3) is 0 Å². The summed E-state index contributed by atoms with van der Waals surface area (Å²) in [7, 11) is 0. The number of hydrogen-bond donors (Lipinski definition) is 1. The van der Waals surface area contributed by atoms with E-state index >= 15 is 0 Å². The van der Waals surface area contributed by atoms with Crippen molar-refractivity contribution in [2.75, 3.05) is 5.32 Å². The summed E-state index contributed by atoms with van der Waals surface area (Å²) in [5.41, 5.74) is 0. The van der Waals surface area contributed by atoms with Gasteiger partial charge in [0.1, 0.15) is 0 Å². The molecule has 2 aliphatic rings. The highest BCUT2D eigenvalue weighted by Crippen LogP contribution is 2.48. The highest BCUT2D eigenvalue weighted by Gasteiger charge is 2.43. The number of fused-ring (bicyclic) bond motifs is 2. The van der Waals surface area contributed by atoms with Crippen LogP contribution in [-0.2, 0) is 4.79 Å². The fourth-order valence-corrected chi connectivity index (χ4v) is 3.58. The van der Waals surface area contributed by atoms with Crippen LogP contribution < -0.4 is 5.32 Å². The van der Waals surface area contributed by atoms with Gasteiger partial charge in [0.25, 0.3) is 0 Å². The predicted molar refractivity (Wildman–Crippen MR) is 59.7 cm³/mol. The summed E-state index contributed by atoms with van der Waals surface area (Å²) in [5, 5.41) is 5.54. The van der Waals surface area contributed by atoms with Gasteiger partial charge in [-0.15, -0.1) is 11.3 Å². The second-order valence-corrected chi connectivity index (χ2v) is 5.50. The van der Waals surface area contributed by atoms with Crippen LogP contribution in [0.1, 0.15) is 25.7 Å². The molecule has 3 atom stereocenters. The van der Waals surface area contributed by atoms with E-state index in [1.165, 1.54) is 30.6 Å². The maximum Gasteiger partial charge on any atom is 0.229 e. The van der Waals surface area contributed by atoms with E-state index in [9.17, 15) is 4.79 Å². The first-order valence-corrected chi connectivity index (χ1v) is 6.41. The number of nitrogens with zero attached hydrogens (tertiary/aromatic N) is 1. The van der Waals surface area contributed by atoms with Gasteiger partial charge in [-0.3, -0.25) is 4.79 Å². The van der Waals surface area contributed by atoms with Gasteiger partial charge in [-0.25, -0.2) is 4.98 Å². The lowest BCUT2D eigenvalue weighted by atomic mass is 9.88. The van der Waals surface area contributed by atoms with Crippen LogP contribution in [0.2, 0.25) is 0 Å². The molecule has 1 heterocycles. The topological polar surface area (TPSA) is 42.0 Å². The molecule has 3 rings (SSSR count). The molecule has 2 saturated carbocycles. The minimum absolute atomic E-state index is 0.192. The Hall–Kier alpha value is -0.900. The van der Waals surface area contributed by atoms with Gasteiger partial charge in [-0.1, -0.05) is 6.42 Å². The van der Waals surface area contributed by atoms with Crippen molar-refractivity contribution >= 4 is 22.4 Å². The Balaban J connectivity index is 1.66. The third-order valence-corrected chi connectivity index (χ3v) is 4.43. The van der Waals surface area contributed by atoms with Crippen molar-refractivity contribution in [2.24, 2.45) is 17.8 Å². The fraction of sp³-hybridized carbons (Fsp3) is 0.636. The largest absolute Gasteiger partial charge is 0.302 e. The summed E-state index contributed by atoms with van der Waals surface area (Å²) < 4.78 is 0. The summed E-state index contributed by atoms with van der Waals surface area (Å²) in [4.78, 5) is 16.0. The Morgan fingerprint density at radius 3 is 3.00 bits per heavy atom. The van der Waals surface area contributed by atoms with E-state index in [2.05, 4.69) is 10.3 Å². The average molecular weight is 222 g/mol. The molecule has 1 aromatic heterocycles. The molecule has 1 amide bonds. The van der Waals surface area contributed by atoms with Gasteiger partial charge < -0.3 is 5.32 Å². The molecule has 2 aliphatic carbocycles.